The molecule has 2 amide bonds. The molecule has 35 heavy (non-hydrogen) atoms. The van der Waals surface area contributed by atoms with Crippen molar-refractivity contribution in [3.8, 4) is 0 Å². The molecular weight excluding hydrogens is 436 g/mol. The molecule has 6 heteroatoms. The lowest BCUT2D eigenvalue weighted by Crippen LogP contribution is -2.46. The molecule has 1 N–H and O–H groups in total. The number of nitrogens with one attached hydrogen (secondary N) is 1. The van der Waals surface area contributed by atoms with E-state index in [2.05, 4.69) is 53.2 Å². The molecule has 6 nitrogen and oxygen atoms in total. The van der Waals surface area contributed by atoms with Gasteiger partial charge in [-0.25, -0.2) is 0 Å². The summed E-state index contributed by atoms with van der Waals surface area (Å²) in [4.78, 5) is 35.5. The van der Waals surface area contributed by atoms with Crippen molar-refractivity contribution in [2.24, 2.45) is 0 Å². The van der Waals surface area contributed by atoms with E-state index in [0.717, 1.165) is 36.0 Å². The maximum atomic E-state index is 13.6. The Morgan fingerprint density at radius 1 is 0.971 bits per heavy atom. The van der Waals surface area contributed by atoms with Gasteiger partial charge in [0.2, 0.25) is 11.8 Å². The van der Waals surface area contributed by atoms with Gasteiger partial charge in [0.15, 0.2) is 0 Å². The number of nitrogens with zero attached hydrogens (tertiary/aromatic N) is 3. The lowest BCUT2D eigenvalue weighted by atomic mass is 10.1. The van der Waals surface area contributed by atoms with Gasteiger partial charge in [-0.2, -0.15) is 0 Å². The number of benzene rings is 2. The molecule has 188 valence electrons. The highest BCUT2D eigenvalue weighted by atomic mass is 16.2. The summed E-state index contributed by atoms with van der Waals surface area (Å²) in [5.74, 6) is 0.0494. The first-order valence-corrected chi connectivity index (χ1v) is 12.7. The largest absolute Gasteiger partial charge is 0.378 e. The first kappa shape index (κ1) is 26.3. The SMILES string of the molecule is CCCC(=O)N(CC(=O)N(CCc1c[nH]c2ccccc12)Cc1ccc(N(C)C)cc1)C(C)CC. The quantitative estimate of drug-likeness (QED) is 0.389. The first-order chi connectivity index (χ1) is 16.8. The summed E-state index contributed by atoms with van der Waals surface area (Å²) >= 11 is 0. The summed E-state index contributed by atoms with van der Waals surface area (Å²) in [6.45, 7) is 7.31. The molecule has 1 heterocycles. The molecule has 0 aliphatic rings. The second-order valence-corrected chi connectivity index (χ2v) is 9.51. The van der Waals surface area contributed by atoms with Crippen LogP contribution in [0.5, 0.6) is 0 Å². The number of H-pyrrole nitrogens is 1. The highest BCUT2D eigenvalue weighted by molar-refractivity contribution is 5.85. The highest BCUT2D eigenvalue weighted by Gasteiger charge is 2.24. The summed E-state index contributed by atoms with van der Waals surface area (Å²) in [7, 11) is 4.03. The fourth-order valence-electron chi connectivity index (χ4n) is 4.32. The minimum Gasteiger partial charge on any atom is -0.378 e. The molecule has 0 spiro atoms. The summed E-state index contributed by atoms with van der Waals surface area (Å²) in [5, 5.41) is 1.19. The predicted molar refractivity (Wildman–Crippen MR) is 145 cm³/mol. The van der Waals surface area contributed by atoms with Gasteiger partial charge in [0, 0.05) is 62.4 Å². The number of carbonyl (C=O) groups is 2. The smallest absolute Gasteiger partial charge is 0.242 e. The maximum absolute atomic E-state index is 13.6. The van der Waals surface area contributed by atoms with Crippen LogP contribution in [0.15, 0.2) is 54.7 Å². The number of hydrogen-bond donors (Lipinski definition) is 1. The van der Waals surface area contributed by atoms with Gasteiger partial charge in [-0.15, -0.1) is 0 Å². The monoisotopic (exact) mass is 476 g/mol. The Hall–Kier alpha value is -3.28. The number of para-hydroxylation sites is 1. The Bertz CT molecular complexity index is 1100. The van der Waals surface area contributed by atoms with Crippen molar-refractivity contribution in [1.82, 2.24) is 14.8 Å². The topological polar surface area (TPSA) is 59.7 Å². The van der Waals surface area contributed by atoms with E-state index in [1.54, 1.807) is 4.90 Å². The van der Waals surface area contributed by atoms with Crippen LogP contribution >= 0.6 is 0 Å². The van der Waals surface area contributed by atoms with Gasteiger partial charge < -0.3 is 19.7 Å². The van der Waals surface area contributed by atoms with Gasteiger partial charge in [-0.05, 0) is 55.5 Å². The van der Waals surface area contributed by atoms with Crippen molar-refractivity contribution in [3.63, 3.8) is 0 Å². The average molecular weight is 477 g/mol. The van der Waals surface area contributed by atoms with Crippen molar-refractivity contribution >= 4 is 28.4 Å². The zero-order chi connectivity index (χ0) is 25.4. The van der Waals surface area contributed by atoms with E-state index in [1.807, 2.05) is 51.2 Å². The number of aromatic nitrogens is 1. The third-order valence-corrected chi connectivity index (χ3v) is 6.72. The summed E-state index contributed by atoms with van der Waals surface area (Å²) in [6.07, 6.45) is 4.86. The second-order valence-electron chi connectivity index (χ2n) is 9.51. The lowest BCUT2D eigenvalue weighted by molar-refractivity contribution is -0.142. The van der Waals surface area contributed by atoms with Crippen molar-refractivity contribution in [2.45, 2.75) is 59.0 Å². The molecule has 0 saturated carbocycles. The molecule has 1 atom stereocenters. The van der Waals surface area contributed by atoms with Crippen LogP contribution in [0.2, 0.25) is 0 Å². The Morgan fingerprint density at radius 2 is 1.69 bits per heavy atom. The van der Waals surface area contributed by atoms with Crippen molar-refractivity contribution in [3.05, 3.63) is 65.9 Å². The van der Waals surface area contributed by atoms with Crippen LogP contribution in [0.25, 0.3) is 10.9 Å². The molecule has 0 aliphatic heterocycles. The third kappa shape index (κ3) is 6.87. The predicted octanol–water partition coefficient (Wildman–Crippen LogP) is 5.23. The van der Waals surface area contributed by atoms with Crippen molar-refractivity contribution in [2.75, 3.05) is 32.1 Å². The second kappa shape index (κ2) is 12.4. The van der Waals surface area contributed by atoms with Crippen LogP contribution in [0.3, 0.4) is 0 Å². The number of aromatic amines is 1. The molecular formula is C29H40N4O2. The lowest BCUT2D eigenvalue weighted by Gasteiger charge is -2.31. The van der Waals surface area contributed by atoms with E-state index in [0.29, 0.717) is 19.5 Å². The Morgan fingerprint density at radius 3 is 2.34 bits per heavy atom. The Balaban J connectivity index is 1.81. The van der Waals surface area contributed by atoms with Crippen LogP contribution in [0, 0.1) is 0 Å². The number of amides is 2. The van der Waals surface area contributed by atoms with Crippen molar-refractivity contribution in [1.29, 1.82) is 0 Å². The van der Waals surface area contributed by atoms with E-state index >= 15 is 0 Å². The molecule has 1 unspecified atom stereocenters. The molecule has 0 bridgehead atoms. The minimum absolute atomic E-state index is 0.00807. The van der Waals surface area contributed by atoms with E-state index in [4.69, 9.17) is 0 Å². The molecule has 2 aromatic carbocycles. The molecule has 0 fully saturated rings. The fraction of sp³-hybridized carbons (Fsp3) is 0.448. The number of hydrogen-bond acceptors (Lipinski definition) is 3. The van der Waals surface area contributed by atoms with Gasteiger partial charge in [-0.1, -0.05) is 44.2 Å². The summed E-state index contributed by atoms with van der Waals surface area (Å²) in [5.41, 5.74) is 4.51. The number of carbonyl (C=O) groups excluding carboxylic acids is 2. The van der Waals surface area contributed by atoms with E-state index in [9.17, 15) is 9.59 Å². The Labute approximate surface area is 209 Å². The van der Waals surface area contributed by atoms with Crippen molar-refractivity contribution < 1.29 is 9.59 Å². The average Bonchev–Trinajstić information content (AvgIpc) is 3.28. The minimum atomic E-state index is -0.00807. The zero-order valence-electron chi connectivity index (χ0n) is 21.9. The highest BCUT2D eigenvalue weighted by Crippen LogP contribution is 2.20. The summed E-state index contributed by atoms with van der Waals surface area (Å²) < 4.78 is 0. The molecule has 0 aliphatic carbocycles. The standard InChI is InChI=1S/C29H40N4O2/c1-6-10-28(34)33(22(3)7-2)21-29(35)32(20-23-13-15-25(16-14-23)31(4)5)18-17-24-19-30-27-12-9-8-11-26(24)27/h8-9,11-16,19,22,30H,6-7,10,17-18,20-21H2,1-5H3. The summed E-state index contributed by atoms with van der Waals surface area (Å²) in [6, 6.07) is 16.6. The Kier molecular flexibility index (Phi) is 9.35. The normalized spacial score (nSPS) is 11.9. The van der Waals surface area contributed by atoms with Gasteiger partial charge in [0.1, 0.15) is 0 Å². The van der Waals surface area contributed by atoms with E-state index in [1.165, 1.54) is 10.9 Å². The fourth-order valence-corrected chi connectivity index (χ4v) is 4.32. The van der Waals surface area contributed by atoms with Gasteiger partial charge in [0.05, 0.1) is 6.54 Å². The molecule has 1 aromatic heterocycles. The molecule has 0 saturated heterocycles. The zero-order valence-corrected chi connectivity index (χ0v) is 21.9. The van der Waals surface area contributed by atoms with Crippen LogP contribution < -0.4 is 4.90 Å². The van der Waals surface area contributed by atoms with Crippen LogP contribution in [-0.4, -0.2) is 59.8 Å². The third-order valence-electron chi connectivity index (χ3n) is 6.72. The number of rotatable bonds is 12. The molecule has 3 rings (SSSR count). The first-order valence-electron chi connectivity index (χ1n) is 12.7. The number of fused-ring (bicyclic) bond motifs is 1. The van der Waals surface area contributed by atoms with Gasteiger partial charge in [-0.3, -0.25) is 9.59 Å². The van der Waals surface area contributed by atoms with Crippen LogP contribution in [0.1, 0.15) is 51.2 Å². The van der Waals surface area contributed by atoms with Crippen LogP contribution in [-0.2, 0) is 22.6 Å². The van der Waals surface area contributed by atoms with E-state index < -0.39 is 0 Å². The molecule has 3 aromatic rings. The van der Waals surface area contributed by atoms with E-state index in [-0.39, 0.29) is 24.4 Å². The van der Waals surface area contributed by atoms with Gasteiger partial charge >= 0.3 is 0 Å². The maximum Gasteiger partial charge on any atom is 0.242 e. The van der Waals surface area contributed by atoms with Crippen LogP contribution in [0.4, 0.5) is 5.69 Å². The number of anilines is 1. The van der Waals surface area contributed by atoms with Gasteiger partial charge in [0.25, 0.3) is 0 Å². The molecule has 0 radical (unpaired) electrons.